The average molecular weight is 225 g/mol. The van der Waals surface area contributed by atoms with Crippen molar-refractivity contribution in [3.63, 3.8) is 0 Å². The zero-order chi connectivity index (χ0) is 11.8. The van der Waals surface area contributed by atoms with E-state index in [9.17, 15) is 4.79 Å². The van der Waals surface area contributed by atoms with Gasteiger partial charge in [-0.15, -0.1) is 5.10 Å². The third-order valence-corrected chi connectivity index (χ3v) is 3.00. The molecule has 7 heteroatoms. The molecule has 0 aromatic carbocycles. The lowest BCUT2D eigenvalue weighted by Crippen LogP contribution is -2.50. The number of nitrogen functional groups attached to an aromatic ring is 1. The second-order valence-electron chi connectivity index (χ2n) is 4.18. The Morgan fingerprint density at radius 1 is 1.75 bits per heavy atom. The number of aromatic nitrogens is 3. The molecule has 1 aromatic heterocycles. The fourth-order valence-electron chi connectivity index (χ4n) is 1.69. The molecule has 0 aliphatic carbocycles. The largest absolute Gasteiger partial charge is 0.376 e. The van der Waals surface area contributed by atoms with E-state index in [1.165, 1.54) is 0 Å². The summed E-state index contributed by atoms with van der Waals surface area (Å²) in [6.07, 6.45) is 0.764. The predicted molar refractivity (Wildman–Crippen MR) is 56.7 cm³/mol. The molecule has 7 nitrogen and oxygen atoms in total. The molecule has 16 heavy (non-hydrogen) atoms. The number of amides is 1. The van der Waals surface area contributed by atoms with Crippen LogP contribution in [0.15, 0.2) is 0 Å². The second-order valence-corrected chi connectivity index (χ2v) is 4.18. The van der Waals surface area contributed by atoms with Gasteiger partial charge in [-0.05, 0) is 20.3 Å². The lowest BCUT2D eigenvalue weighted by Gasteiger charge is -2.28. The van der Waals surface area contributed by atoms with Gasteiger partial charge in [-0.2, -0.15) is 4.98 Å². The molecule has 1 saturated heterocycles. The number of H-pyrrole nitrogens is 1. The van der Waals surface area contributed by atoms with Crippen molar-refractivity contribution in [2.75, 3.05) is 12.3 Å². The summed E-state index contributed by atoms with van der Waals surface area (Å²) in [5.74, 6) is -0.132. The van der Waals surface area contributed by atoms with Crippen molar-refractivity contribution in [3.05, 3.63) is 5.82 Å². The Morgan fingerprint density at radius 2 is 2.50 bits per heavy atom. The van der Waals surface area contributed by atoms with E-state index in [1.807, 2.05) is 13.8 Å². The fourth-order valence-corrected chi connectivity index (χ4v) is 1.69. The minimum atomic E-state index is -0.362. The van der Waals surface area contributed by atoms with E-state index in [2.05, 4.69) is 20.5 Å². The van der Waals surface area contributed by atoms with Gasteiger partial charge in [0.05, 0.1) is 11.6 Å². The third kappa shape index (κ3) is 1.85. The molecule has 0 saturated carbocycles. The van der Waals surface area contributed by atoms with Gasteiger partial charge in [-0.3, -0.25) is 9.89 Å². The van der Waals surface area contributed by atoms with Gasteiger partial charge in [0.2, 0.25) is 11.8 Å². The van der Waals surface area contributed by atoms with Crippen molar-refractivity contribution in [3.8, 4) is 0 Å². The molecule has 1 fully saturated rings. The molecule has 2 atom stereocenters. The number of anilines is 1. The van der Waals surface area contributed by atoms with Gasteiger partial charge in [0.15, 0.2) is 0 Å². The van der Waals surface area contributed by atoms with Gasteiger partial charge < -0.3 is 15.8 Å². The van der Waals surface area contributed by atoms with Gasteiger partial charge in [0, 0.05) is 6.61 Å². The highest BCUT2D eigenvalue weighted by molar-refractivity contribution is 5.91. The molecule has 2 rings (SSSR count). The molecule has 1 aliphatic heterocycles. The smallest absolute Gasteiger partial charge is 0.289 e. The summed E-state index contributed by atoms with van der Waals surface area (Å²) in [7, 11) is 0. The molecule has 2 heterocycles. The standard InChI is InChI=1S/C9H15N5O2/c1-5-9(2,3-4-16-5)12-7(15)6-11-8(10)14-13-6/h5H,3-4H2,1-2H3,(H,12,15)(H3,10,11,13,14). The molecule has 0 bridgehead atoms. The number of hydrogen-bond acceptors (Lipinski definition) is 5. The number of carbonyl (C=O) groups excluding carboxylic acids is 1. The number of aromatic amines is 1. The molecule has 1 aliphatic rings. The summed E-state index contributed by atoms with van der Waals surface area (Å²) in [5.41, 5.74) is 4.96. The number of ether oxygens (including phenoxy) is 1. The van der Waals surface area contributed by atoms with Crippen molar-refractivity contribution in [2.45, 2.75) is 31.9 Å². The number of nitrogens with two attached hydrogens (primary N) is 1. The molecule has 1 amide bonds. The van der Waals surface area contributed by atoms with Gasteiger partial charge in [0.25, 0.3) is 5.91 Å². The first-order chi connectivity index (χ1) is 7.51. The fraction of sp³-hybridized carbons (Fsp3) is 0.667. The lowest BCUT2D eigenvalue weighted by atomic mass is 9.94. The first-order valence-electron chi connectivity index (χ1n) is 5.13. The first kappa shape index (κ1) is 10.9. The maximum atomic E-state index is 11.8. The van der Waals surface area contributed by atoms with Gasteiger partial charge in [-0.1, -0.05) is 0 Å². The van der Waals surface area contributed by atoms with Crippen LogP contribution in [0.5, 0.6) is 0 Å². The zero-order valence-corrected chi connectivity index (χ0v) is 9.28. The maximum absolute atomic E-state index is 11.8. The van der Waals surface area contributed by atoms with Crippen LogP contribution in [0.2, 0.25) is 0 Å². The molecule has 0 spiro atoms. The van der Waals surface area contributed by atoms with Crippen LogP contribution in [0.4, 0.5) is 5.95 Å². The summed E-state index contributed by atoms with van der Waals surface area (Å²) in [6.45, 7) is 4.53. The Morgan fingerprint density at radius 3 is 3.00 bits per heavy atom. The van der Waals surface area contributed by atoms with Crippen LogP contribution in [-0.2, 0) is 4.74 Å². The minimum Gasteiger partial charge on any atom is -0.376 e. The third-order valence-electron chi connectivity index (χ3n) is 3.00. The number of nitrogens with zero attached hydrogens (tertiary/aromatic N) is 2. The van der Waals surface area contributed by atoms with E-state index in [1.54, 1.807) is 0 Å². The van der Waals surface area contributed by atoms with Crippen molar-refractivity contribution < 1.29 is 9.53 Å². The van der Waals surface area contributed by atoms with Crippen molar-refractivity contribution in [1.82, 2.24) is 20.5 Å². The highest BCUT2D eigenvalue weighted by Crippen LogP contribution is 2.25. The SMILES string of the molecule is CC1OCCC1(C)NC(=O)c1nc(N)n[nH]1. The van der Waals surface area contributed by atoms with Crippen LogP contribution in [0, 0.1) is 0 Å². The van der Waals surface area contributed by atoms with Crippen LogP contribution in [0.1, 0.15) is 30.9 Å². The Kier molecular flexibility index (Phi) is 2.55. The topological polar surface area (TPSA) is 106 Å². The molecule has 4 N–H and O–H groups in total. The van der Waals surface area contributed by atoms with Crippen LogP contribution in [-0.4, -0.2) is 39.3 Å². The molecular formula is C9H15N5O2. The van der Waals surface area contributed by atoms with E-state index in [4.69, 9.17) is 10.5 Å². The zero-order valence-electron chi connectivity index (χ0n) is 9.28. The summed E-state index contributed by atoms with van der Waals surface area (Å²) >= 11 is 0. The molecular weight excluding hydrogens is 210 g/mol. The Balaban J connectivity index is 2.07. The van der Waals surface area contributed by atoms with Gasteiger partial charge >= 0.3 is 0 Å². The monoisotopic (exact) mass is 225 g/mol. The van der Waals surface area contributed by atoms with E-state index < -0.39 is 0 Å². The molecule has 0 radical (unpaired) electrons. The van der Waals surface area contributed by atoms with E-state index in [0.717, 1.165) is 6.42 Å². The van der Waals surface area contributed by atoms with Gasteiger partial charge in [-0.25, -0.2) is 0 Å². The Bertz CT molecular complexity index is 404. The van der Waals surface area contributed by atoms with Crippen LogP contribution in [0.3, 0.4) is 0 Å². The van der Waals surface area contributed by atoms with Crippen molar-refractivity contribution in [1.29, 1.82) is 0 Å². The number of rotatable bonds is 2. The molecule has 88 valence electrons. The van der Waals surface area contributed by atoms with Crippen molar-refractivity contribution >= 4 is 11.9 Å². The van der Waals surface area contributed by atoms with Crippen LogP contribution in [0.25, 0.3) is 0 Å². The quantitative estimate of drug-likeness (QED) is 0.639. The Labute approximate surface area is 92.8 Å². The maximum Gasteiger partial charge on any atom is 0.289 e. The van der Waals surface area contributed by atoms with E-state index in [0.29, 0.717) is 6.61 Å². The number of carbonyl (C=O) groups is 1. The van der Waals surface area contributed by atoms with E-state index >= 15 is 0 Å². The summed E-state index contributed by atoms with van der Waals surface area (Å²) in [6, 6.07) is 0. The van der Waals surface area contributed by atoms with Crippen LogP contribution >= 0.6 is 0 Å². The summed E-state index contributed by atoms with van der Waals surface area (Å²) in [4.78, 5) is 15.6. The van der Waals surface area contributed by atoms with Crippen molar-refractivity contribution in [2.24, 2.45) is 0 Å². The highest BCUT2D eigenvalue weighted by Gasteiger charge is 2.38. The molecule has 1 aromatic rings. The minimum absolute atomic E-state index is 0.0169. The molecule has 2 unspecified atom stereocenters. The predicted octanol–water partition coefficient (Wildman–Crippen LogP) is -0.316. The van der Waals surface area contributed by atoms with Gasteiger partial charge in [0.1, 0.15) is 0 Å². The lowest BCUT2D eigenvalue weighted by molar-refractivity contribution is 0.0720. The highest BCUT2D eigenvalue weighted by atomic mass is 16.5. The average Bonchev–Trinajstić information content (AvgIpc) is 2.76. The first-order valence-corrected chi connectivity index (χ1v) is 5.13. The summed E-state index contributed by atoms with van der Waals surface area (Å²) in [5, 5.41) is 8.96. The number of nitrogens with one attached hydrogen (secondary N) is 2. The van der Waals surface area contributed by atoms with Crippen LogP contribution < -0.4 is 11.1 Å². The van der Waals surface area contributed by atoms with E-state index in [-0.39, 0.29) is 29.3 Å². The Hall–Kier alpha value is -1.63. The normalized spacial score (nSPS) is 29.2. The number of hydrogen-bond donors (Lipinski definition) is 3. The summed E-state index contributed by atoms with van der Waals surface area (Å²) < 4.78 is 5.42. The second kappa shape index (κ2) is 3.75.